The first kappa shape index (κ1) is 19.1. The Balaban J connectivity index is 2.04. The zero-order valence-electron chi connectivity index (χ0n) is 15.3. The van der Waals surface area contributed by atoms with E-state index in [1.807, 2.05) is 72.5 Å². The fourth-order valence-electron chi connectivity index (χ4n) is 3.09. The van der Waals surface area contributed by atoms with Crippen LogP contribution in [-0.4, -0.2) is 31.4 Å². The van der Waals surface area contributed by atoms with Crippen LogP contribution in [0.15, 0.2) is 71.9 Å². The molecule has 0 aromatic heterocycles. The van der Waals surface area contributed by atoms with Crippen molar-refractivity contribution in [3.8, 4) is 0 Å². The summed E-state index contributed by atoms with van der Waals surface area (Å²) in [5.74, 6) is -0.380. The third kappa shape index (κ3) is 4.18. The van der Waals surface area contributed by atoms with Crippen LogP contribution < -0.4 is 10.2 Å². The largest absolute Gasteiger partial charge is 0.460 e. The Labute approximate surface area is 164 Å². The van der Waals surface area contributed by atoms with E-state index in [2.05, 4.69) is 5.32 Å². The highest BCUT2D eigenvalue weighted by Crippen LogP contribution is 2.34. The summed E-state index contributed by atoms with van der Waals surface area (Å²) in [5, 5.41) is 3.84. The number of esters is 1. The maximum absolute atomic E-state index is 12.9. The molecule has 1 atom stereocenters. The first-order chi connectivity index (χ1) is 13.1. The fraction of sp³-hybridized carbons (Fsp3) is 0.238. The first-order valence-electron chi connectivity index (χ1n) is 8.71. The molecule has 5 nitrogen and oxygen atoms in total. The molecular formula is C21H22N2O3S. The monoisotopic (exact) mass is 382 g/mol. The van der Waals surface area contributed by atoms with E-state index in [-0.39, 0.29) is 18.6 Å². The summed E-state index contributed by atoms with van der Waals surface area (Å²) >= 11 is 5.62. The summed E-state index contributed by atoms with van der Waals surface area (Å²) in [6.07, 6.45) is 0. The second-order valence-electron chi connectivity index (χ2n) is 6.09. The molecule has 1 N–H and O–H groups in total. The van der Waals surface area contributed by atoms with E-state index in [1.54, 1.807) is 7.11 Å². The number of anilines is 1. The van der Waals surface area contributed by atoms with E-state index >= 15 is 0 Å². The lowest BCUT2D eigenvalue weighted by molar-refractivity contribution is -0.140. The average molecular weight is 382 g/mol. The third-order valence-electron chi connectivity index (χ3n) is 4.37. The number of benzene rings is 2. The van der Waals surface area contributed by atoms with E-state index in [4.69, 9.17) is 21.7 Å². The van der Waals surface area contributed by atoms with Crippen LogP contribution in [0.5, 0.6) is 0 Å². The molecular weight excluding hydrogens is 360 g/mol. The van der Waals surface area contributed by atoms with Gasteiger partial charge in [0.15, 0.2) is 5.11 Å². The van der Waals surface area contributed by atoms with Crippen molar-refractivity contribution in [2.24, 2.45) is 0 Å². The normalized spacial score (nSPS) is 16.9. The van der Waals surface area contributed by atoms with Crippen LogP contribution in [0.4, 0.5) is 5.69 Å². The molecule has 0 bridgehead atoms. The summed E-state index contributed by atoms with van der Waals surface area (Å²) in [6.45, 7) is 2.44. The minimum absolute atomic E-state index is 0.198. The van der Waals surface area contributed by atoms with Gasteiger partial charge >= 0.3 is 5.97 Å². The van der Waals surface area contributed by atoms with E-state index in [1.165, 1.54) is 0 Å². The Morgan fingerprint density at radius 3 is 2.33 bits per heavy atom. The number of nitrogens with zero attached hydrogens (tertiary/aromatic N) is 1. The van der Waals surface area contributed by atoms with Gasteiger partial charge in [0, 0.05) is 18.5 Å². The zero-order chi connectivity index (χ0) is 19.2. The molecule has 0 aliphatic carbocycles. The molecule has 27 heavy (non-hydrogen) atoms. The summed E-state index contributed by atoms with van der Waals surface area (Å²) in [7, 11) is 1.57. The van der Waals surface area contributed by atoms with Gasteiger partial charge in [-0.25, -0.2) is 4.79 Å². The predicted molar refractivity (Wildman–Crippen MR) is 109 cm³/mol. The Morgan fingerprint density at radius 1 is 1.07 bits per heavy atom. The first-order valence-corrected chi connectivity index (χ1v) is 9.11. The van der Waals surface area contributed by atoms with Crippen molar-refractivity contribution >= 4 is 29.0 Å². The van der Waals surface area contributed by atoms with Crippen LogP contribution in [0.1, 0.15) is 18.5 Å². The van der Waals surface area contributed by atoms with Gasteiger partial charge in [0.25, 0.3) is 0 Å². The van der Waals surface area contributed by atoms with Crippen LogP contribution in [0.2, 0.25) is 0 Å². The van der Waals surface area contributed by atoms with Crippen LogP contribution in [0.3, 0.4) is 0 Å². The van der Waals surface area contributed by atoms with E-state index in [0.29, 0.717) is 17.3 Å². The lowest BCUT2D eigenvalue weighted by Crippen LogP contribution is -2.48. The topological polar surface area (TPSA) is 50.8 Å². The number of ether oxygens (including phenoxy) is 2. The maximum atomic E-state index is 12.9. The van der Waals surface area contributed by atoms with Gasteiger partial charge in [0.2, 0.25) is 0 Å². The smallest absolute Gasteiger partial charge is 0.338 e. The Kier molecular flexibility index (Phi) is 6.21. The average Bonchev–Trinajstić information content (AvgIpc) is 2.69. The Hall–Kier alpha value is -2.70. The third-order valence-corrected chi connectivity index (χ3v) is 4.67. The molecule has 140 valence electrons. The highest BCUT2D eigenvalue weighted by Gasteiger charge is 2.35. The molecule has 3 rings (SSSR count). The van der Waals surface area contributed by atoms with Crippen molar-refractivity contribution in [1.29, 1.82) is 0 Å². The number of hydrogen-bond acceptors (Lipinski definition) is 4. The molecule has 0 amide bonds. The van der Waals surface area contributed by atoms with Crippen LogP contribution in [0.25, 0.3) is 0 Å². The number of methoxy groups -OCH3 is 1. The molecule has 0 saturated carbocycles. The minimum Gasteiger partial charge on any atom is -0.460 e. The van der Waals surface area contributed by atoms with Crippen molar-refractivity contribution in [3.63, 3.8) is 0 Å². The van der Waals surface area contributed by atoms with Crippen LogP contribution in [0, 0.1) is 0 Å². The van der Waals surface area contributed by atoms with Gasteiger partial charge in [-0.2, -0.15) is 0 Å². The number of nitrogens with one attached hydrogen (secondary N) is 1. The minimum atomic E-state index is -0.380. The number of thiocarbonyl (C=S) groups is 1. The zero-order valence-corrected chi connectivity index (χ0v) is 16.2. The lowest BCUT2D eigenvalue weighted by atomic mass is 9.95. The number of allylic oxidation sites excluding steroid dienone is 1. The SMILES string of the molecule is COCCOC(=O)C1=C(C)N(c2ccccc2)C(=S)NC1c1ccccc1. The van der Waals surface area contributed by atoms with E-state index < -0.39 is 0 Å². The molecule has 2 aromatic rings. The molecule has 2 aromatic carbocycles. The number of carbonyl (C=O) groups excluding carboxylic acids is 1. The number of rotatable bonds is 6. The molecule has 1 heterocycles. The highest BCUT2D eigenvalue weighted by molar-refractivity contribution is 7.80. The van der Waals surface area contributed by atoms with Crippen molar-refractivity contribution in [2.75, 3.05) is 25.2 Å². The number of para-hydroxylation sites is 1. The summed E-state index contributed by atoms with van der Waals surface area (Å²) in [4.78, 5) is 14.8. The molecule has 1 unspecified atom stereocenters. The molecule has 0 radical (unpaired) electrons. The fourth-order valence-corrected chi connectivity index (χ4v) is 3.45. The maximum Gasteiger partial charge on any atom is 0.338 e. The van der Waals surface area contributed by atoms with E-state index in [0.717, 1.165) is 16.9 Å². The van der Waals surface area contributed by atoms with Gasteiger partial charge in [-0.05, 0) is 36.8 Å². The molecule has 1 aliphatic heterocycles. The van der Waals surface area contributed by atoms with Gasteiger partial charge in [-0.1, -0.05) is 48.5 Å². The standard InChI is InChI=1S/C21H22N2O3S/c1-15-18(20(24)26-14-13-25-2)19(16-9-5-3-6-10-16)22-21(27)23(15)17-11-7-4-8-12-17/h3-12,19H,13-14H2,1-2H3,(H,22,27). The van der Waals surface area contributed by atoms with Gasteiger partial charge in [0.05, 0.1) is 18.2 Å². The van der Waals surface area contributed by atoms with Gasteiger partial charge < -0.3 is 14.8 Å². The number of carbonyl (C=O) groups is 1. The van der Waals surface area contributed by atoms with Gasteiger partial charge in [0.1, 0.15) is 6.61 Å². The van der Waals surface area contributed by atoms with Gasteiger partial charge in [-0.3, -0.25) is 4.90 Å². The van der Waals surface area contributed by atoms with Crippen LogP contribution in [-0.2, 0) is 14.3 Å². The predicted octanol–water partition coefficient (Wildman–Crippen LogP) is 3.59. The quantitative estimate of drug-likeness (QED) is 0.468. The second kappa shape index (κ2) is 8.79. The molecule has 1 aliphatic rings. The summed E-state index contributed by atoms with van der Waals surface area (Å²) in [5.41, 5.74) is 3.13. The van der Waals surface area contributed by atoms with E-state index in [9.17, 15) is 4.79 Å². The summed E-state index contributed by atoms with van der Waals surface area (Å²) in [6, 6.07) is 19.1. The van der Waals surface area contributed by atoms with Crippen LogP contribution >= 0.6 is 12.2 Å². The lowest BCUT2D eigenvalue weighted by Gasteiger charge is -2.37. The second-order valence-corrected chi connectivity index (χ2v) is 6.48. The van der Waals surface area contributed by atoms with Gasteiger partial charge in [-0.15, -0.1) is 0 Å². The Bertz CT molecular complexity index is 837. The molecule has 6 heteroatoms. The number of hydrogen-bond donors (Lipinski definition) is 1. The van der Waals surface area contributed by atoms with Crippen molar-refractivity contribution in [1.82, 2.24) is 5.32 Å². The van der Waals surface area contributed by atoms with Crippen molar-refractivity contribution < 1.29 is 14.3 Å². The Morgan fingerprint density at radius 2 is 1.70 bits per heavy atom. The van der Waals surface area contributed by atoms with Crippen molar-refractivity contribution in [3.05, 3.63) is 77.5 Å². The van der Waals surface area contributed by atoms with Crippen molar-refractivity contribution in [2.45, 2.75) is 13.0 Å². The molecule has 0 fully saturated rings. The molecule has 0 spiro atoms. The summed E-state index contributed by atoms with van der Waals surface area (Å²) < 4.78 is 10.4. The molecule has 0 saturated heterocycles. The highest BCUT2D eigenvalue weighted by atomic mass is 32.1.